The summed E-state index contributed by atoms with van der Waals surface area (Å²) >= 11 is 0. The summed E-state index contributed by atoms with van der Waals surface area (Å²) in [4.78, 5) is 6.66. The Labute approximate surface area is 150 Å². The molecule has 1 aliphatic heterocycles. The molecule has 1 aromatic carbocycles. The number of nitrogens with zero attached hydrogens (tertiary/aromatic N) is 3. The van der Waals surface area contributed by atoms with Crippen molar-refractivity contribution in [2.45, 2.75) is 44.9 Å². The molecule has 1 fully saturated rings. The van der Waals surface area contributed by atoms with Crippen molar-refractivity contribution >= 4 is 0 Å². The van der Waals surface area contributed by atoms with E-state index in [2.05, 4.69) is 38.7 Å². The molecule has 5 nitrogen and oxygen atoms in total. The van der Waals surface area contributed by atoms with Crippen LogP contribution in [0.25, 0.3) is 0 Å². The number of imidazole rings is 1. The van der Waals surface area contributed by atoms with Crippen LogP contribution < -0.4 is 0 Å². The third kappa shape index (κ3) is 5.39. The van der Waals surface area contributed by atoms with Crippen molar-refractivity contribution in [1.82, 2.24) is 14.5 Å². The smallest absolute Gasteiger partial charge is 0.105 e. The molecule has 0 bridgehead atoms. The highest BCUT2D eigenvalue weighted by Gasteiger charge is 2.31. The molecule has 0 spiro atoms. The third-order valence-electron chi connectivity index (χ3n) is 4.99. The number of hydrogen-bond acceptors (Lipinski definition) is 4. The van der Waals surface area contributed by atoms with Crippen LogP contribution in [-0.4, -0.2) is 51.5 Å². The van der Waals surface area contributed by atoms with Crippen molar-refractivity contribution < 1.29 is 9.84 Å². The van der Waals surface area contributed by atoms with Gasteiger partial charge in [0.2, 0.25) is 0 Å². The lowest BCUT2D eigenvalue weighted by molar-refractivity contribution is -0.0811. The Bertz CT molecular complexity index is 635. The number of aliphatic hydroxyl groups is 1. The highest BCUT2D eigenvalue weighted by molar-refractivity contribution is 5.14. The molecule has 1 aliphatic rings. The van der Waals surface area contributed by atoms with E-state index < -0.39 is 5.60 Å². The normalized spacial score (nSPS) is 17.1. The molecule has 5 heteroatoms. The molecule has 3 rings (SSSR count). The van der Waals surface area contributed by atoms with Gasteiger partial charge in [0, 0.05) is 64.6 Å². The van der Waals surface area contributed by atoms with Crippen molar-refractivity contribution in [3.63, 3.8) is 0 Å². The molecule has 136 valence electrons. The monoisotopic (exact) mass is 343 g/mol. The summed E-state index contributed by atoms with van der Waals surface area (Å²) in [7, 11) is 0. The zero-order chi connectivity index (χ0) is 17.5. The predicted octanol–water partition coefficient (Wildman–Crippen LogP) is 2.63. The van der Waals surface area contributed by atoms with Crippen LogP contribution in [0.2, 0.25) is 0 Å². The van der Waals surface area contributed by atoms with Gasteiger partial charge in [0.25, 0.3) is 0 Å². The average Bonchev–Trinajstić information content (AvgIpc) is 3.01. The number of ether oxygens (including phenoxy) is 1. The van der Waals surface area contributed by atoms with Crippen LogP contribution in [0.15, 0.2) is 42.7 Å². The summed E-state index contributed by atoms with van der Waals surface area (Å²) in [5, 5.41) is 10.9. The summed E-state index contributed by atoms with van der Waals surface area (Å²) in [6, 6.07) is 10.5. The van der Waals surface area contributed by atoms with Crippen molar-refractivity contribution in [3.05, 3.63) is 54.1 Å². The molecule has 0 saturated carbocycles. The molecule has 2 aromatic rings. The van der Waals surface area contributed by atoms with Gasteiger partial charge in [-0.3, -0.25) is 4.90 Å². The van der Waals surface area contributed by atoms with Gasteiger partial charge in [-0.05, 0) is 18.9 Å². The zero-order valence-electron chi connectivity index (χ0n) is 15.1. The van der Waals surface area contributed by atoms with E-state index in [4.69, 9.17) is 4.74 Å². The van der Waals surface area contributed by atoms with E-state index in [1.54, 1.807) is 0 Å². The van der Waals surface area contributed by atoms with Gasteiger partial charge < -0.3 is 14.4 Å². The lowest BCUT2D eigenvalue weighted by Crippen LogP contribution is -2.47. The van der Waals surface area contributed by atoms with Crippen LogP contribution in [0.4, 0.5) is 0 Å². The highest BCUT2D eigenvalue weighted by Crippen LogP contribution is 2.23. The van der Waals surface area contributed by atoms with Gasteiger partial charge in [-0.1, -0.05) is 30.3 Å². The second-order valence-corrected chi connectivity index (χ2v) is 7.05. The Hall–Kier alpha value is -1.69. The molecule has 0 atom stereocenters. The maximum atomic E-state index is 10.9. The second kappa shape index (κ2) is 8.61. The first-order valence-corrected chi connectivity index (χ1v) is 9.19. The minimum Gasteiger partial charge on any atom is -0.388 e. The fourth-order valence-corrected chi connectivity index (χ4v) is 3.49. The molecule has 0 aliphatic carbocycles. The van der Waals surface area contributed by atoms with Crippen molar-refractivity contribution in [3.8, 4) is 0 Å². The third-order valence-corrected chi connectivity index (χ3v) is 4.99. The zero-order valence-corrected chi connectivity index (χ0v) is 15.1. The number of aromatic nitrogens is 2. The first-order valence-electron chi connectivity index (χ1n) is 9.19. The predicted molar refractivity (Wildman–Crippen MR) is 98.3 cm³/mol. The topological polar surface area (TPSA) is 50.5 Å². The Morgan fingerprint density at radius 1 is 1.24 bits per heavy atom. The van der Waals surface area contributed by atoms with Crippen LogP contribution in [0.5, 0.6) is 0 Å². The summed E-state index contributed by atoms with van der Waals surface area (Å²) in [5.41, 5.74) is 0.662. The standard InChI is InChI=1S/C20H29N3O2/c1-18-21-10-13-23(18)12-5-11-22(16-19-6-3-2-4-7-19)17-20(24)8-14-25-15-9-20/h2-4,6-7,10,13,24H,5,8-9,11-12,14-17H2,1H3. The summed E-state index contributed by atoms with van der Waals surface area (Å²) in [6.07, 6.45) is 6.36. The molecule has 2 heterocycles. The van der Waals surface area contributed by atoms with Crippen molar-refractivity contribution in [1.29, 1.82) is 0 Å². The maximum Gasteiger partial charge on any atom is 0.105 e. The van der Waals surface area contributed by atoms with Gasteiger partial charge in [-0.25, -0.2) is 4.98 Å². The maximum absolute atomic E-state index is 10.9. The minimum atomic E-state index is -0.627. The van der Waals surface area contributed by atoms with E-state index in [9.17, 15) is 5.11 Å². The average molecular weight is 343 g/mol. The van der Waals surface area contributed by atoms with Gasteiger partial charge in [0.15, 0.2) is 0 Å². The van der Waals surface area contributed by atoms with E-state index in [1.165, 1.54) is 5.56 Å². The molecule has 0 radical (unpaired) electrons. The van der Waals surface area contributed by atoms with Crippen LogP contribution in [0.1, 0.15) is 30.7 Å². The Balaban J connectivity index is 1.60. The molecular formula is C20H29N3O2. The highest BCUT2D eigenvalue weighted by atomic mass is 16.5. The van der Waals surface area contributed by atoms with Gasteiger partial charge in [0.1, 0.15) is 5.82 Å². The fourth-order valence-electron chi connectivity index (χ4n) is 3.49. The number of benzene rings is 1. The van der Waals surface area contributed by atoms with Crippen LogP contribution >= 0.6 is 0 Å². The first kappa shape index (κ1) is 18.1. The van der Waals surface area contributed by atoms with E-state index >= 15 is 0 Å². The second-order valence-electron chi connectivity index (χ2n) is 7.05. The van der Waals surface area contributed by atoms with Crippen molar-refractivity contribution in [2.24, 2.45) is 0 Å². The summed E-state index contributed by atoms with van der Waals surface area (Å²) < 4.78 is 7.60. The summed E-state index contributed by atoms with van der Waals surface area (Å²) in [6.45, 7) is 6.83. The minimum absolute atomic E-state index is 0.627. The van der Waals surface area contributed by atoms with E-state index in [1.807, 2.05) is 25.4 Å². The van der Waals surface area contributed by atoms with Crippen molar-refractivity contribution in [2.75, 3.05) is 26.3 Å². The number of hydrogen-bond donors (Lipinski definition) is 1. The lowest BCUT2D eigenvalue weighted by atomic mass is 9.93. The largest absolute Gasteiger partial charge is 0.388 e. The SMILES string of the molecule is Cc1nccn1CCCN(Cc1ccccc1)CC1(O)CCOCC1. The fraction of sp³-hybridized carbons (Fsp3) is 0.550. The molecule has 1 N–H and O–H groups in total. The first-order chi connectivity index (χ1) is 12.1. The van der Waals surface area contributed by atoms with Crippen LogP contribution in [-0.2, 0) is 17.8 Å². The molecule has 0 amide bonds. The van der Waals surface area contributed by atoms with Crippen LogP contribution in [0, 0.1) is 6.92 Å². The Kier molecular flexibility index (Phi) is 6.24. The van der Waals surface area contributed by atoms with Gasteiger partial charge >= 0.3 is 0 Å². The quantitative estimate of drug-likeness (QED) is 0.800. The lowest BCUT2D eigenvalue weighted by Gasteiger charge is -2.37. The molecular weight excluding hydrogens is 314 g/mol. The number of aryl methyl sites for hydroxylation is 2. The Morgan fingerprint density at radius 3 is 2.68 bits per heavy atom. The molecule has 1 aromatic heterocycles. The molecule has 0 unspecified atom stereocenters. The number of rotatable bonds is 8. The van der Waals surface area contributed by atoms with E-state index in [-0.39, 0.29) is 0 Å². The van der Waals surface area contributed by atoms with Crippen LogP contribution in [0.3, 0.4) is 0 Å². The molecule has 1 saturated heterocycles. The van der Waals surface area contributed by atoms with E-state index in [0.717, 1.165) is 44.7 Å². The van der Waals surface area contributed by atoms with E-state index in [0.29, 0.717) is 19.8 Å². The van der Waals surface area contributed by atoms with Gasteiger partial charge in [-0.2, -0.15) is 0 Å². The summed E-state index contributed by atoms with van der Waals surface area (Å²) in [5.74, 6) is 1.05. The molecule has 25 heavy (non-hydrogen) atoms. The van der Waals surface area contributed by atoms with Gasteiger partial charge in [0.05, 0.1) is 5.60 Å². The van der Waals surface area contributed by atoms with Gasteiger partial charge in [-0.15, -0.1) is 0 Å². The Morgan fingerprint density at radius 2 is 2.00 bits per heavy atom.